The number of fused-ring (bicyclic) bond motifs is 2. The van der Waals surface area contributed by atoms with Crippen molar-refractivity contribution in [1.82, 2.24) is 59.7 Å². The SMILES string of the molecule is C.CC(=O)c1nn(CC(=O)N2C[C@H](F)C[C@H]2C(=O)Nc2cc(C)cc(Br)n2)c2ccc(-c3cnc(C)nc3)cc12.CC(=O)c1nn(CC(=O)O)c2ccc(-c3cnc(C)nc3)cc12.Cc1cc(Br)nc(NC(=O)[C@@H]2C[C@@H](F)CN2)c1.Cl.S.S=S. The number of halogens is 5. The number of carboxylic acid groups (broad SMARTS) is 1. The molecule has 0 unspecified atom stereocenters. The molecule has 0 spiro atoms. The molecule has 444 valence electrons. The number of carboxylic acids is 1. The fourth-order valence-corrected chi connectivity index (χ4v) is 10.0. The van der Waals surface area contributed by atoms with E-state index in [1.54, 1.807) is 69.0 Å². The van der Waals surface area contributed by atoms with Gasteiger partial charge in [0.2, 0.25) is 17.7 Å². The zero-order valence-electron chi connectivity index (χ0n) is 45.2. The standard InChI is InChI=1S/C27H25BrFN7O3.C16H14N4O3.C11H13BrFN3O.CH4.ClH.S2.H2S/c1-14-6-23(28)32-24(7-14)33-27(39)22-9-19(29)12-35(22)25(38)13-36-21-5-4-17(18-10-30-16(3)31-11-18)8-20(21)26(34-36)15(2)37;1-9(21)16-13-5-11(12-6-17-10(2)18-7-12)3-4-14(13)20(19-16)8-15(22)23;1-6-2-9(12)15-10(3-6)16-11(17)8-4-7(13)5-14-8;;;1-2;/h4-8,10-11,19,22H,9,12-13H2,1-3H3,(H,32,33,39);3-7H,8H2,1-2H3,(H,22,23);2-3,7-8,14H,4-5H2,1H3,(H,15,16,17);1H4;1H;;1H2/t19-,22+;;7-,8+;;;;/m1.1..../s1. The van der Waals surface area contributed by atoms with Gasteiger partial charge in [-0.15, -0.1) is 12.4 Å². The van der Waals surface area contributed by atoms with Crippen LogP contribution in [0.1, 0.15) is 77.9 Å². The molecule has 10 rings (SSSR count). The number of pyridine rings is 2. The summed E-state index contributed by atoms with van der Waals surface area (Å²) in [7, 11) is 0. The number of likely N-dealkylation sites (tertiary alicyclic amines) is 1. The zero-order chi connectivity index (χ0) is 58.8. The van der Waals surface area contributed by atoms with E-state index in [9.17, 15) is 37.5 Å². The van der Waals surface area contributed by atoms with Crippen molar-refractivity contribution in [2.45, 2.75) is 99.3 Å². The van der Waals surface area contributed by atoms with Crippen LogP contribution < -0.4 is 16.0 Å². The number of alkyl halides is 2. The third kappa shape index (κ3) is 17.7. The minimum absolute atomic E-state index is 0. The largest absolute Gasteiger partial charge is 0.480 e. The molecule has 2 aliphatic rings. The van der Waals surface area contributed by atoms with Crippen molar-refractivity contribution in [3.63, 3.8) is 0 Å². The number of rotatable bonds is 12. The quantitative estimate of drug-likeness (QED) is 0.0655. The third-order valence-corrected chi connectivity index (χ3v) is 13.4. The van der Waals surface area contributed by atoms with Crippen molar-refractivity contribution < 1.29 is 42.7 Å². The molecular formula is C55H59Br2ClF2N14O7S3. The van der Waals surface area contributed by atoms with Crippen LogP contribution in [0.2, 0.25) is 0 Å². The predicted octanol–water partition coefficient (Wildman–Crippen LogP) is 9.09. The Balaban J connectivity index is 0.000000286. The van der Waals surface area contributed by atoms with Crippen LogP contribution >= 0.6 is 57.8 Å². The number of hydrogen-bond donors (Lipinski definition) is 4. The van der Waals surface area contributed by atoms with Gasteiger partial charge in [0.15, 0.2) is 11.6 Å². The molecule has 2 aliphatic heterocycles. The summed E-state index contributed by atoms with van der Waals surface area (Å²) in [6.45, 7) is 9.65. The fourth-order valence-electron chi connectivity index (χ4n) is 8.91. The number of aliphatic carboxylic acids is 1. The lowest BCUT2D eigenvalue weighted by molar-refractivity contribution is -0.138. The second kappa shape index (κ2) is 31.2. The van der Waals surface area contributed by atoms with E-state index in [2.05, 4.69) is 110 Å². The Hall–Kier alpha value is -7.08. The van der Waals surface area contributed by atoms with Crippen LogP contribution in [0.4, 0.5) is 20.4 Å². The maximum Gasteiger partial charge on any atom is 0.325 e. The number of nitrogens with one attached hydrogen (secondary N) is 3. The van der Waals surface area contributed by atoms with Gasteiger partial charge in [0.05, 0.1) is 23.6 Å². The van der Waals surface area contributed by atoms with Gasteiger partial charge < -0.3 is 26.0 Å². The summed E-state index contributed by atoms with van der Waals surface area (Å²) in [5.74, 6) is -0.629. The first kappa shape index (κ1) is 69.4. The second-order valence-electron chi connectivity index (χ2n) is 18.9. The summed E-state index contributed by atoms with van der Waals surface area (Å²) >= 11 is 13.9. The Kier molecular flexibility index (Phi) is 25.8. The van der Waals surface area contributed by atoms with Gasteiger partial charge in [-0.3, -0.25) is 38.1 Å². The number of ketones is 2. The molecule has 2 aromatic carbocycles. The Morgan fingerprint density at radius 2 is 1.10 bits per heavy atom. The molecule has 21 nitrogen and oxygen atoms in total. The van der Waals surface area contributed by atoms with Gasteiger partial charge in [-0.1, -0.05) is 19.6 Å². The number of amides is 3. The maximum absolute atomic E-state index is 14.5. The number of carbonyl (C=O) groups is 6. The summed E-state index contributed by atoms with van der Waals surface area (Å²) < 4.78 is 31.4. The van der Waals surface area contributed by atoms with Crippen LogP contribution in [0.5, 0.6) is 0 Å². The van der Waals surface area contributed by atoms with Crippen molar-refractivity contribution in [1.29, 1.82) is 0 Å². The Labute approximate surface area is 521 Å². The van der Waals surface area contributed by atoms with Crippen LogP contribution in [-0.2, 0) is 54.6 Å². The van der Waals surface area contributed by atoms with E-state index in [-0.39, 0.29) is 101 Å². The summed E-state index contributed by atoms with van der Waals surface area (Å²) in [6, 6.07) is 16.4. The third-order valence-electron chi connectivity index (χ3n) is 12.6. The lowest BCUT2D eigenvalue weighted by Gasteiger charge is -2.23. The van der Waals surface area contributed by atoms with Crippen molar-refractivity contribution in [3.8, 4) is 22.3 Å². The minimum Gasteiger partial charge on any atom is -0.480 e. The molecule has 0 aliphatic carbocycles. The van der Waals surface area contributed by atoms with Crippen molar-refractivity contribution in [2.75, 3.05) is 23.7 Å². The van der Waals surface area contributed by atoms with E-state index >= 15 is 0 Å². The van der Waals surface area contributed by atoms with Crippen LogP contribution in [0.25, 0.3) is 44.1 Å². The van der Waals surface area contributed by atoms with Crippen molar-refractivity contribution in [2.24, 2.45) is 0 Å². The number of aromatic nitrogens is 10. The van der Waals surface area contributed by atoms with Crippen LogP contribution in [0.15, 0.2) is 94.7 Å². The van der Waals surface area contributed by atoms with E-state index in [0.717, 1.165) is 33.4 Å². The molecule has 0 radical (unpaired) electrons. The molecule has 3 amide bonds. The highest BCUT2D eigenvalue weighted by Crippen LogP contribution is 2.30. The second-order valence-corrected chi connectivity index (χ2v) is 20.5. The van der Waals surface area contributed by atoms with E-state index in [1.807, 2.05) is 44.2 Å². The normalized spacial score (nSPS) is 15.7. The van der Waals surface area contributed by atoms with Gasteiger partial charge in [-0.05, 0) is 130 Å². The number of hydrogen-bond acceptors (Lipinski definition) is 17. The first-order chi connectivity index (χ1) is 38.6. The molecule has 4 N–H and O–H groups in total. The van der Waals surface area contributed by atoms with Gasteiger partial charge in [0.25, 0.3) is 0 Å². The smallest absolute Gasteiger partial charge is 0.325 e. The van der Waals surface area contributed by atoms with E-state index in [4.69, 9.17) is 5.11 Å². The van der Waals surface area contributed by atoms with Crippen LogP contribution in [0, 0.1) is 27.7 Å². The first-order valence-corrected chi connectivity index (χ1v) is 27.7. The van der Waals surface area contributed by atoms with Crippen molar-refractivity contribution >= 4 is 149 Å². The number of anilines is 2. The molecule has 2 saturated heterocycles. The number of benzene rings is 2. The Morgan fingerprint density at radius 1 is 0.655 bits per heavy atom. The summed E-state index contributed by atoms with van der Waals surface area (Å²) in [6.07, 6.45) is 4.62. The molecule has 8 heterocycles. The molecule has 2 fully saturated rings. The first-order valence-electron chi connectivity index (χ1n) is 24.8. The molecule has 0 saturated carbocycles. The number of aryl methyl sites for hydroxylation is 4. The molecule has 29 heteroatoms. The molecule has 4 atom stereocenters. The fraction of sp³-hybridized carbons (Fsp3) is 0.309. The Morgan fingerprint density at radius 3 is 1.50 bits per heavy atom. The topological polar surface area (TPSA) is 275 Å². The van der Waals surface area contributed by atoms with Crippen LogP contribution in [0.3, 0.4) is 0 Å². The van der Waals surface area contributed by atoms with Gasteiger partial charge in [-0.25, -0.2) is 38.7 Å². The van der Waals surface area contributed by atoms with Gasteiger partial charge in [0.1, 0.15) is 75.4 Å². The average molecular weight is 1360 g/mol. The lowest BCUT2D eigenvalue weighted by atomic mass is 10.0. The maximum atomic E-state index is 14.5. The monoisotopic (exact) mass is 1350 g/mol. The summed E-state index contributed by atoms with van der Waals surface area (Å²) in [4.78, 5) is 99.7. The summed E-state index contributed by atoms with van der Waals surface area (Å²) in [5.41, 5.74) is 6.74. The van der Waals surface area contributed by atoms with E-state index in [0.29, 0.717) is 54.3 Å². The minimum atomic E-state index is -1.34. The van der Waals surface area contributed by atoms with E-state index in [1.165, 1.54) is 28.1 Å². The van der Waals surface area contributed by atoms with Gasteiger partial charge in [0, 0.05) is 102 Å². The predicted molar refractivity (Wildman–Crippen MR) is 335 cm³/mol. The zero-order valence-corrected chi connectivity index (χ0v) is 51.8. The number of carbonyl (C=O) groups excluding carboxylic acids is 5. The molecular weight excluding hydrogens is 1300 g/mol. The number of nitrogens with zero attached hydrogens (tertiary/aromatic N) is 11. The highest BCUT2D eigenvalue weighted by atomic mass is 79.9. The summed E-state index contributed by atoms with van der Waals surface area (Å²) in [5, 5.41) is 26.9. The molecule has 0 bridgehead atoms. The van der Waals surface area contributed by atoms with Crippen LogP contribution in [-0.4, -0.2) is 132 Å². The van der Waals surface area contributed by atoms with Crippen molar-refractivity contribution in [3.05, 3.63) is 129 Å². The van der Waals surface area contributed by atoms with E-state index < -0.39 is 42.2 Å². The lowest BCUT2D eigenvalue weighted by Crippen LogP contribution is -2.44. The Bertz CT molecular complexity index is 3660. The molecule has 6 aromatic heterocycles. The number of Topliss-reactive ketones (excluding diaryl/α,β-unsaturated/α-hetero) is 2. The highest BCUT2D eigenvalue weighted by molar-refractivity contribution is 9.10. The van der Waals surface area contributed by atoms with Gasteiger partial charge in [-0.2, -0.15) is 23.7 Å². The van der Waals surface area contributed by atoms with Gasteiger partial charge >= 0.3 is 5.97 Å². The molecule has 8 aromatic rings. The average Bonchev–Trinajstić information content (AvgIpc) is 4.36. The molecule has 84 heavy (non-hydrogen) atoms. The highest BCUT2D eigenvalue weighted by Gasteiger charge is 2.40.